The van der Waals surface area contributed by atoms with E-state index in [9.17, 15) is 4.79 Å². The second-order valence-electron chi connectivity index (χ2n) is 9.17. The van der Waals surface area contributed by atoms with Gasteiger partial charge in [0.25, 0.3) is 5.91 Å². The number of nitrogens with zero attached hydrogens (tertiary/aromatic N) is 3. The lowest BCUT2D eigenvalue weighted by Gasteiger charge is -2.35. The van der Waals surface area contributed by atoms with Crippen molar-refractivity contribution >= 4 is 11.7 Å². The summed E-state index contributed by atoms with van der Waals surface area (Å²) < 4.78 is 0. The van der Waals surface area contributed by atoms with Crippen LogP contribution in [0, 0.1) is 5.92 Å². The summed E-state index contributed by atoms with van der Waals surface area (Å²) in [7, 11) is 0. The molecule has 0 aliphatic carbocycles. The topological polar surface area (TPSA) is 48.5 Å². The molecule has 0 spiro atoms. The first-order valence-electron chi connectivity index (χ1n) is 12.1. The third-order valence-electron chi connectivity index (χ3n) is 6.92. The fraction of sp³-hybridized carbons (Fsp3) is 0.357. The summed E-state index contributed by atoms with van der Waals surface area (Å²) in [5.41, 5.74) is 3.23. The van der Waals surface area contributed by atoms with Crippen LogP contribution in [-0.4, -0.2) is 48.5 Å². The standard InChI is InChI=1S/C28H32N4O/c33-28(31-17-14-23(15-18-31)20-22-8-3-1-4-9-22)25-12-7-13-27(30-25)32-19-16-29-26(21-32)24-10-5-2-6-11-24/h1-13,23,26,29H,14-21H2/t26-/m1/s1. The van der Waals surface area contributed by atoms with Crippen LogP contribution in [0.2, 0.25) is 0 Å². The van der Waals surface area contributed by atoms with Gasteiger partial charge in [0.05, 0.1) is 0 Å². The Balaban J connectivity index is 1.21. The number of rotatable bonds is 5. The number of pyridine rings is 1. The number of piperazine rings is 1. The minimum Gasteiger partial charge on any atom is -0.353 e. The van der Waals surface area contributed by atoms with E-state index in [2.05, 4.69) is 64.8 Å². The molecule has 0 radical (unpaired) electrons. The van der Waals surface area contributed by atoms with Gasteiger partial charge in [0.1, 0.15) is 11.5 Å². The number of nitrogens with one attached hydrogen (secondary N) is 1. The summed E-state index contributed by atoms with van der Waals surface area (Å²) in [6, 6.07) is 27.3. The third-order valence-corrected chi connectivity index (χ3v) is 6.92. The molecule has 0 unspecified atom stereocenters. The van der Waals surface area contributed by atoms with Crippen molar-refractivity contribution in [3.8, 4) is 0 Å². The van der Waals surface area contributed by atoms with Crippen LogP contribution >= 0.6 is 0 Å². The molecule has 3 heterocycles. The predicted molar refractivity (Wildman–Crippen MR) is 132 cm³/mol. The molecule has 3 aromatic rings. The highest BCUT2D eigenvalue weighted by Crippen LogP contribution is 2.24. The molecule has 1 N–H and O–H groups in total. The number of benzene rings is 2. The van der Waals surface area contributed by atoms with E-state index >= 15 is 0 Å². The fourth-order valence-corrected chi connectivity index (χ4v) is 5.03. The van der Waals surface area contributed by atoms with Crippen molar-refractivity contribution in [2.45, 2.75) is 25.3 Å². The van der Waals surface area contributed by atoms with Crippen LogP contribution in [-0.2, 0) is 6.42 Å². The summed E-state index contributed by atoms with van der Waals surface area (Å²) in [5, 5.41) is 3.60. The van der Waals surface area contributed by atoms with E-state index in [-0.39, 0.29) is 11.9 Å². The Hall–Kier alpha value is -3.18. The summed E-state index contributed by atoms with van der Waals surface area (Å²) in [6.45, 7) is 4.25. The molecule has 2 fully saturated rings. The number of amides is 1. The average Bonchev–Trinajstić information content (AvgIpc) is 2.90. The van der Waals surface area contributed by atoms with E-state index in [1.807, 2.05) is 29.2 Å². The van der Waals surface area contributed by atoms with E-state index in [1.54, 1.807) is 0 Å². The Kier molecular flexibility index (Phi) is 6.68. The molecule has 0 bridgehead atoms. The Morgan fingerprint density at radius 2 is 1.61 bits per heavy atom. The number of hydrogen-bond acceptors (Lipinski definition) is 4. The molecule has 1 atom stereocenters. The van der Waals surface area contributed by atoms with Crippen LogP contribution in [0.4, 0.5) is 5.82 Å². The van der Waals surface area contributed by atoms with Gasteiger partial charge in [0.2, 0.25) is 0 Å². The second kappa shape index (κ2) is 10.2. The SMILES string of the molecule is O=C(c1cccc(N2CCN[C@@H](c3ccccc3)C2)n1)N1CCC(Cc2ccccc2)CC1. The van der Waals surface area contributed by atoms with Crippen LogP contribution in [0.25, 0.3) is 0 Å². The van der Waals surface area contributed by atoms with Gasteiger partial charge in [-0.25, -0.2) is 4.98 Å². The van der Waals surface area contributed by atoms with Crippen molar-refractivity contribution in [1.82, 2.24) is 15.2 Å². The Labute approximate surface area is 196 Å². The Bertz CT molecular complexity index is 1050. The molecule has 5 heteroatoms. The highest BCUT2D eigenvalue weighted by molar-refractivity contribution is 5.92. The van der Waals surface area contributed by atoms with Crippen molar-refractivity contribution in [3.05, 3.63) is 95.7 Å². The molecule has 2 aliphatic heterocycles. The van der Waals surface area contributed by atoms with Gasteiger partial charge in [-0.05, 0) is 48.4 Å². The van der Waals surface area contributed by atoms with E-state index < -0.39 is 0 Å². The maximum absolute atomic E-state index is 13.2. The minimum absolute atomic E-state index is 0.0600. The van der Waals surface area contributed by atoms with Crippen molar-refractivity contribution in [1.29, 1.82) is 0 Å². The molecule has 1 amide bonds. The van der Waals surface area contributed by atoms with Crippen LogP contribution in [0.15, 0.2) is 78.9 Å². The molecular formula is C28H32N4O. The molecule has 5 rings (SSSR count). The summed E-state index contributed by atoms with van der Waals surface area (Å²) in [4.78, 5) is 22.3. The van der Waals surface area contributed by atoms with E-state index in [0.717, 1.165) is 57.8 Å². The van der Waals surface area contributed by atoms with Crippen LogP contribution in [0.3, 0.4) is 0 Å². The predicted octanol–water partition coefficient (Wildman–Crippen LogP) is 4.33. The molecule has 0 saturated carbocycles. The van der Waals surface area contributed by atoms with Crippen molar-refractivity contribution in [2.24, 2.45) is 5.92 Å². The molecular weight excluding hydrogens is 408 g/mol. The fourth-order valence-electron chi connectivity index (χ4n) is 5.03. The molecule has 2 aliphatic rings. The monoisotopic (exact) mass is 440 g/mol. The Morgan fingerprint density at radius 3 is 2.36 bits per heavy atom. The lowest BCUT2D eigenvalue weighted by molar-refractivity contribution is 0.0684. The molecule has 2 saturated heterocycles. The van der Waals surface area contributed by atoms with Gasteiger partial charge in [-0.15, -0.1) is 0 Å². The molecule has 5 nitrogen and oxygen atoms in total. The van der Waals surface area contributed by atoms with Gasteiger partial charge >= 0.3 is 0 Å². The lowest BCUT2D eigenvalue weighted by atomic mass is 9.90. The minimum atomic E-state index is 0.0600. The van der Waals surface area contributed by atoms with Gasteiger partial charge < -0.3 is 15.1 Å². The summed E-state index contributed by atoms with van der Waals surface area (Å²) >= 11 is 0. The first kappa shape index (κ1) is 21.7. The van der Waals surface area contributed by atoms with Crippen LogP contribution in [0.5, 0.6) is 0 Å². The van der Waals surface area contributed by atoms with Gasteiger partial charge in [0, 0.05) is 38.8 Å². The lowest BCUT2D eigenvalue weighted by Crippen LogP contribution is -2.46. The third kappa shape index (κ3) is 5.25. The summed E-state index contributed by atoms with van der Waals surface area (Å²) in [5.74, 6) is 1.60. The van der Waals surface area contributed by atoms with Crippen molar-refractivity contribution in [3.63, 3.8) is 0 Å². The van der Waals surface area contributed by atoms with Gasteiger partial charge in [0.15, 0.2) is 0 Å². The van der Waals surface area contributed by atoms with Crippen molar-refractivity contribution < 1.29 is 4.79 Å². The normalized spacial score (nSPS) is 19.5. The van der Waals surface area contributed by atoms with Gasteiger partial charge in [-0.3, -0.25) is 4.79 Å². The van der Waals surface area contributed by atoms with Gasteiger partial charge in [-0.1, -0.05) is 66.7 Å². The number of likely N-dealkylation sites (tertiary alicyclic amines) is 1. The zero-order valence-electron chi connectivity index (χ0n) is 19.1. The number of piperidine rings is 1. The highest BCUT2D eigenvalue weighted by atomic mass is 16.2. The van der Waals surface area contributed by atoms with Crippen LogP contribution < -0.4 is 10.2 Å². The Morgan fingerprint density at radius 1 is 0.879 bits per heavy atom. The van der Waals surface area contributed by atoms with E-state index in [0.29, 0.717) is 11.6 Å². The first-order chi connectivity index (χ1) is 16.3. The second-order valence-corrected chi connectivity index (χ2v) is 9.17. The molecule has 33 heavy (non-hydrogen) atoms. The number of hydrogen-bond donors (Lipinski definition) is 1. The molecule has 2 aromatic carbocycles. The van der Waals surface area contributed by atoms with Crippen molar-refractivity contribution in [2.75, 3.05) is 37.6 Å². The number of carbonyl (C=O) groups excluding carboxylic acids is 1. The smallest absolute Gasteiger partial charge is 0.272 e. The highest BCUT2D eigenvalue weighted by Gasteiger charge is 2.26. The van der Waals surface area contributed by atoms with E-state index in [1.165, 1.54) is 11.1 Å². The summed E-state index contributed by atoms with van der Waals surface area (Å²) in [6.07, 6.45) is 3.20. The molecule has 170 valence electrons. The number of aromatic nitrogens is 1. The molecule has 1 aromatic heterocycles. The number of carbonyl (C=O) groups is 1. The van der Waals surface area contributed by atoms with E-state index in [4.69, 9.17) is 4.98 Å². The zero-order chi connectivity index (χ0) is 22.5. The first-order valence-corrected chi connectivity index (χ1v) is 12.1. The quantitative estimate of drug-likeness (QED) is 0.642. The zero-order valence-corrected chi connectivity index (χ0v) is 19.1. The maximum Gasteiger partial charge on any atom is 0.272 e. The maximum atomic E-state index is 13.2. The van der Waals surface area contributed by atoms with Gasteiger partial charge in [-0.2, -0.15) is 0 Å². The largest absolute Gasteiger partial charge is 0.353 e. The average molecular weight is 441 g/mol. The number of anilines is 1. The van der Waals surface area contributed by atoms with Crippen LogP contribution in [0.1, 0.15) is 40.5 Å².